The van der Waals surface area contributed by atoms with Crippen molar-refractivity contribution in [2.45, 2.75) is 56.3 Å². The number of ether oxygens (including phenoxy) is 1. The molecule has 1 N–H and O–H groups in total. The normalized spacial score (nSPS) is 36.1. The maximum atomic E-state index is 12.6. The highest BCUT2D eigenvalue weighted by Gasteiger charge is 2.58. The molecule has 0 spiro atoms. The molecule has 0 aromatic carbocycles. The first-order valence-electron chi connectivity index (χ1n) is 9.96. The minimum atomic E-state index is -3.61. The molecule has 6 atom stereocenters. The van der Waals surface area contributed by atoms with Crippen LogP contribution in [0.2, 0.25) is 0 Å². The van der Waals surface area contributed by atoms with Gasteiger partial charge in [0, 0.05) is 22.6 Å². The van der Waals surface area contributed by atoms with Crippen LogP contribution in [0.5, 0.6) is 0 Å². The molecule has 0 radical (unpaired) electrons. The molecule has 29 heavy (non-hydrogen) atoms. The smallest absolute Gasteiger partial charge is 0.309 e. The maximum absolute atomic E-state index is 12.6. The van der Waals surface area contributed by atoms with Crippen molar-refractivity contribution in [1.29, 1.82) is 0 Å². The molecular weight excluding hydrogens is 428 g/mol. The Labute approximate surface area is 178 Å². The lowest BCUT2D eigenvalue weighted by Gasteiger charge is -2.51. The van der Waals surface area contributed by atoms with Gasteiger partial charge in [-0.1, -0.05) is 26.8 Å². The van der Waals surface area contributed by atoms with Crippen LogP contribution < -0.4 is 4.72 Å². The number of nitrogens with one attached hydrogen (secondary N) is 1. The molecule has 1 saturated carbocycles. The molecule has 5 rings (SSSR count). The van der Waals surface area contributed by atoms with E-state index in [4.69, 9.17) is 9.72 Å². The lowest BCUT2D eigenvalue weighted by molar-refractivity contribution is -0.149. The van der Waals surface area contributed by atoms with Gasteiger partial charge >= 0.3 is 5.97 Å². The summed E-state index contributed by atoms with van der Waals surface area (Å²) in [5, 5.41) is 2.17. The van der Waals surface area contributed by atoms with Gasteiger partial charge in [0.1, 0.15) is 10.3 Å². The van der Waals surface area contributed by atoms with E-state index in [1.54, 1.807) is 17.5 Å². The topological polar surface area (TPSA) is 85.4 Å². The third-order valence-corrected chi connectivity index (χ3v) is 11.0. The zero-order valence-corrected chi connectivity index (χ0v) is 19.0. The van der Waals surface area contributed by atoms with Gasteiger partial charge in [-0.15, -0.1) is 22.7 Å². The summed E-state index contributed by atoms with van der Waals surface area (Å²) in [6.45, 7) is 6.42. The lowest BCUT2D eigenvalue weighted by Crippen LogP contribution is -2.50. The van der Waals surface area contributed by atoms with Crippen LogP contribution >= 0.6 is 22.7 Å². The Balaban J connectivity index is 1.48. The third kappa shape index (κ3) is 2.96. The highest BCUT2D eigenvalue weighted by Crippen LogP contribution is 2.59. The van der Waals surface area contributed by atoms with Gasteiger partial charge in [-0.3, -0.25) is 9.52 Å². The van der Waals surface area contributed by atoms with E-state index in [9.17, 15) is 13.2 Å². The van der Waals surface area contributed by atoms with Gasteiger partial charge in [0.15, 0.2) is 5.13 Å². The monoisotopic (exact) mass is 452 g/mol. The summed E-state index contributed by atoms with van der Waals surface area (Å²) in [5.74, 6) is 0.490. The van der Waals surface area contributed by atoms with Crippen molar-refractivity contribution in [1.82, 2.24) is 4.98 Å². The van der Waals surface area contributed by atoms with Crippen molar-refractivity contribution in [3.63, 3.8) is 0 Å². The first-order valence-corrected chi connectivity index (χ1v) is 13.1. The first-order chi connectivity index (χ1) is 13.7. The molecule has 2 fully saturated rings. The van der Waals surface area contributed by atoms with Gasteiger partial charge in [0.2, 0.25) is 0 Å². The number of thiazole rings is 1. The molecule has 9 heteroatoms. The van der Waals surface area contributed by atoms with Crippen LogP contribution in [-0.4, -0.2) is 25.5 Å². The quantitative estimate of drug-likeness (QED) is 0.704. The molecule has 6 nitrogen and oxygen atoms in total. The second-order valence-electron chi connectivity index (χ2n) is 8.90. The summed E-state index contributed by atoms with van der Waals surface area (Å²) in [4.78, 5) is 18.1. The molecule has 1 aliphatic heterocycles. The van der Waals surface area contributed by atoms with Crippen LogP contribution in [0.25, 0.3) is 0 Å². The van der Waals surface area contributed by atoms with Crippen LogP contribution in [-0.2, 0) is 26.0 Å². The number of aromatic nitrogens is 1. The van der Waals surface area contributed by atoms with Crippen LogP contribution in [0.1, 0.15) is 50.1 Å². The van der Waals surface area contributed by atoms with Gasteiger partial charge in [0.05, 0.1) is 11.6 Å². The van der Waals surface area contributed by atoms with E-state index in [0.717, 1.165) is 29.8 Å². The standard InChI is InChI=1S/C20H24N2O4S3/c1-10-12-6-7-20(3)9-13-16(11(2)15(20)17(12)26-18(10)23)21-19(28-13)22-29(24,25)14-5-4-8-27-14/h4-5,8,10-12,15,17H,6-7,9H2,1-3H3,(H,21,22). The zero-order valence-electron chi connectivity index (χ0n) is 16.5. The summed E-state index contributed by atoms with van der Waals surface area (Å²) in [6.07, 6.45) is 2.85. The van der Waals surface area contributed by atoms with Crippen molar-refractivity contribution in [3.05, 3.63) is 28.1 Å². The average molecular weight is 453 g/mol. The third-order valence-electron chi connectivity index (χ3n) is 7.14. The zero-order chi connectivity index (χ0) is 20.6. The number of hydrogen-bond donors (Lipinski definition) is 1. The van der Waals surface area contributed by atoms with Gasteiger partial charge in [-0.05, 0) is 36.1 Å². The molecule has 1 saturated heterocycles. The number of anilines is 1. The van der Waals surface area contributed by atoms with Crippen LogP contribution in [0.4, 0.5) is 5.13 Å². The predicted octanol–water partition coefficient (Wildman–Crippen LogP) is 4.26. The van der Waals surface area contributed by atoms with Gasteiger partial charge in [0.25, 0.3) is 10.0 Å². The minimum Gasteiger partial charge on any atom is -0.461 e. The molecule has 3 heterocycles. The van der Waals surface area contributed by atoms with Crippen LogP contribution in [0.3, 0.4) is 0 Å². The summed E-state index contributed by atoms with van der Waals surface area (Å²) in [6, 6.07) is 3.31. The number of hydrogen-bond acceptors (Lipinski definition) is 7. The summed E-state index contributed by atoms with van der Waals surface area (Å²) in [5.41, 5.74) is 0.992. The molecule has 6 unspecified atom stereocenters. The van der Waals surface area contributed by atoms with E-state index in [2.05, 4.69) is 18.6 Å². The molecule has 2 aromatic heterocycles. The molecule has 0 amide bonds. The lowest BCUT2D eigenvalue weighted by atomic mass is 9.54. The molecule has 2 aromatic rings. The van der Waals surface area contributed by atoms with Crippen molar-refractivity contribution in [2.75, 3.05) is 4.72 Å². The SMILES string of the molecule is CC1C(=O)OC2C1CCC1(C)Cc3sc(NS(=O)(=O)c4cccs4)nc3C(C)C21. The van der Waals surface area contributed by atoms with E-state index >= 15 is 0 Å². The molecule has 156 valence electrons. The van der Waals surface area contributed by atoms with Crippen LogP contribution in [0, 0.1) is 23.2 Å². The number of carbonyl (C=O) groups excluding carboxylic acids is 1. The first kappa shape index (κ1) is 19.5. The Bertz CT molecular complexity index is 1060. The number of fused-ring (bicyclic) bond motifs is 4. The second kappa shape index (κ2) is 6.52. The van der Waals surface area contributed by atoms with Gasteiger partial charge in [-0.2, -0.15) is 0 Å². The Morgan fingerprint density at radius 2 is 2.10 bits per heavy atom. The highest BCUT2D eigenvalue weighted by molar-refractivity contribution is 7.94. The fourth-order valence-corrected chi connectivity index (χ4v) is 9.20. The molecule has 2 aliphatic carbocycles. The Kier molecular flexibility index (Phi) is 4.39. The number of rotatable bonds is 3. The van der Waals surface area contributed by atoms with E-state index in [1.807, 2.05) is 6.92 Å². The van der Waals surface area contributed by atoms with Crippen molar-refractivity contribution in [2.24, 2.45) is 23.2 Å². The second-order valence-corrected chi connectivity index (χ2v) is 12.8. The highest BCUT2D eigenvalue weighted by atomic mass is 32.2. The Hall–Kier alpha value is -1.45. The van der Waals surface area contributed by atoms with Crippen molar-refractivity contribution >= 4 is 43.8 Å². The fraction of sp³-hybridized carbons (Fsp3) is 0.600. The summed E-state index contributed by atoms with van der Waals surface area (Å²) in [7, 11) is -3.61. The van der Waals surface area contributed by atoms with Gasteiger partial charge in [-0.25, -0.2) is 13.4 Å². The van der Waals surface area contributed by atoms with E-state index in [-0.39, 0.29) is 45.4 Å². The summed E-state index contributed by atoms with van der Waals surface area (Å²) < 4.78 is 34.0. The average Bonchev–Trinajstić information content (AvgIpc) is 3.35. The minimum absolute atomic E-state index is 0.0361. The number of thiophene rings is 1. The number of sulfonamides is 1. The predicted molar refractivity (Wildman–Crippen MR) is 113 cm³/mol. The van der Waals surface area contributed by atoms with E-state index in [0.29, 0.717) is 5.13 Å². The van der Waals surface area contributed by atoms with Crippen molar-refractivity contribution < 1.29 is 17.9 Å². The summed E-state index contributed by atoms with van der Waals surface area (Å²) >= 11 is 2.63. The van der Waals surface area contributed by atoms with Gasteiger partial charge < -0.3 is 4.74 Å². The largest absolute Gasteiger partial charge is 0.461 e. The number of nitrogens with zero attached hydrogens (tertiary/aromatic N) is 1. The van der Waals surface area contributed by atoms with Crippen LogP contribution in [0.15, 0.2) is 21.7 Å². The number of carbonyl (C=O) groups is 1. The van der Waals surface area contributed by atoms with E-state index < -0.39 is 10.0 Å². The number of esters is 1. The maximum Gasteiger partial charge on any atom is 0.309 e. The van der Waals surface area contributed by atoms with E-state index in [1.165, 1.54) is 22.7 Å². The fourth-order valence-electron chi connectivity index (χ4n) is 5.70. The molecule has 0 bridgehead atoms. The van der Waals surface area contributed by atoms with Crippen molar-refractivity contribution in [3.8, 4) is 0 Å². The Morgan fingerprint density at radius 1 is 1.31 bits per heavy atom. The molecular formula is C20H24N2O4S3. The Morgan fingerprint density at radius 3 is 2.83 bits per heavy atom. The molecule has 3 aliphatic rings.